The minimum Gasteiger partial charge on any atom is -0.494 e. The standard InChI is InChI=1S/C26H24N2O3S/c1-2-15-31-20-11-5-10-19(17-20)28-25(29)23(22-13-7-16-32-22)24(26(28)30)27-14-6-9-18-8-3-4-12-21(18)27/h3-5,7-8,10-13,16-17H,2,6,9,14-15H2,1H3. The first-order chi connectivity index (χ1) is 15.7. The topological polar surface area (TPSA) is 49.9 Å². The fraction of sp³-hybridized carbons (Fsp3) is 0.231. The average molecular weight is 445 g/mol. The average Bonchev–Trinajstić information content (AvgIpc) is 3.43. The van der Waals surface area contributed by atoms with Crippen molar-refractivity contribution in [2.24, 2.45) is 0 Å². The Kier molecular flexibility index (Phi) is 5.53. The van der Waals surface area contributed by atoms with Crippen LogP contribution in [0.5, 0.6) is 5.75 Å². The number of imide groups is 1. The molecule has 2 aromatic carbocycles. The minimum absolute atomic E-state index is 0.289. The van der Waals surface area contributed by atoms with E-state index in [1.807, 2.05) is 59.7 Å². The second-order valence-corrected chi connectivity index (χ2v) is 8.82. The van der Waals surface area contributed by atoms with Gasteiger partial charge in [-0.3, -0.25) is 9.59 Å². The van der Waals surface area contributed by atoms with Gasteiger partial charge >= 0.3 is 0 Å². The summed E-state index contributed by atoms with van der Waals surface area (Å²) in [5.41, 5.74) is 3.67. The van der Waals surface area contributed by atoms with Gasteiger partial charge in [0.15, 0.2) is 0 Å². The Morgan fingerprint density at radius 2 is 1.88 bits per heavy atom. The molecule has 0 atom stereocenters. The Bertz CT molecular complexity index is 1200. The predicted octanol–water partition coefficient (Wildman–Crippen LogP) is 5.27. The number of para-hydroxylation sites is 1. The number of ether oxygens (including phenoxy) is 1. The van der Waals surface area contributed by atoms with Gasteiger partial charge in [-0.2, -0.15) is 0 Å². The zero-order valence-electron chi connectivity index (χ0n) is 17.9. The molecule has 3 heterocycles. The van der Waals surface area contributed by atoms with E-state index in [9.17, 15) is 9.59 Å². The maximum absolute atomic E-state index is 13.8. The molecule has 2 aliphatic rings. The number of aryl methyl sites for hydroxylation is 1. The first-order valence-corrected chi connectivity index (χ1v) is 11.8. The third-order valence-electron chi connectivity index (χ3n) is 5.76. The summed E-state index contributed by atoms with van der Waals surface area (Å²) in [6.07, 6.45) is 2.78. The SMILES string of the molecule is CCCOc1cccc(N2C(=O)C(c3cccs3)=C(N3CCCc4ccccc43)C2=O)c1. The number of hydrogen-bond acceptors (Lipinski definition) is 5. The molecular weight excluding hydrogens is 420 g/mol. The first-order valence-electron chi connectivity index (χ1n) is 10.9. The number of amides is 2. The lowest BCUT2D eigenvalue weighted by atomic mass is 10.00. The van der Waals surface area contributed by atoms with E-state index in [2.05, 4.69) is 6.07 Å². The third-order valence-corrected chi connectivity index (χ3v) is 6.64. The van der Waals surface area contributed by atoms with Crippen molar-refractivity contribution in [3.63, 3.8) is 0 Å². The number of thiophene rings is 1. The monoisotopic (exact) mass is 444 g/mol. The van der Waals surface area contributed by atoms with Crippen LogP contribution in [0, 0.1) is 0 Å². The largest absolute Gasteiger partial charge is 0.494 e. The van der Waals surface area contributed by atoms with E-state index < -0.39 is 0 Å². The van der Waals surface area contributed by atoms with E-state index in [0.717, 1.165) is 29.8 Å². The highest BCUT2D eigenvalue weighted by Gasteiger charge is 2.44. The third kappa shape index (κ3) is 3.50. The number of carbonyl (C=O) groups is 2. The molecule has 0 aliphatic carbocycles. The molecule has 0 radical (unpaired) electrons. The molecule has 6 heteroatoms. The van der Waals surface area contributed by atoms with Gasteiger partial charge in [0.05, 0.1) is 17.9 Å². The normalized spacial score (nSPS) is 16.0. The molecule has 5 nitrogen and oxygen atoms in total. The van der Waals surface area contributed by atoms with Gasteiger partial charge in [-0.1, -0.05) is 37.3 Å². The van der Waals surface area contributed by atoms with E-state index in [1.165, 1.54) is 21.8 Å². The molecule has 5 rings (SSSR count). The van der Waals surface area contributed by atoms with Crippen LogP contribution < -0.4 is 14.5 Å². The highest BCUT2D eigenvalue weighted by Crippen LogP contribution is 2.40. The molecule has 0 N–H and O–H groups in total. The number of rotatable bonds is 6. The molecule has 3 aromatic rings. The van der Waals surface area contributed by atoms with Crippen LogP contribution in [0.15, 0.2) is 71.7 Å². The highest BCUT2D eigenvalue weighted by atomic mass is 32.1. The molecule has 162 valence electrons. The van der Waals surface area contributed by atoms with E-state index in [1.54, 1.807) is 12.1 Å². The van der Waals surface area contributed by atoms with Crippen LogP contribution in [0.1, 0.15) is 30.2 Å². The van der Waals surface area contributed by atoms with Crippen LogP contribution in [0.3, 0.4) is 0 Å². The summed E-state index contributed by atoms with van der Waals surface area (Å²) in [5, 5.41) is 1.93. The number of anilines is 2. The second-order valence-electron chi connectivity index (χ2n) is 7.88. The maximum Gasteiger partial charge on any atom is 0.282 e. The van der Waals surface area contributed by atoms with Crippen molar-refractivity contribution in [2.75, 3.05) is 23.0 Å². The Labute approximate surface area is 191 Å². The van der Waals surface area contributed by atoms with Crippen molar-refractivity contribution in [3.05, 3.63) is 82.2 Å². The van der Waals surface area contributed by atoms with Crippen LogP contribution in [0.25, 0.3) is 5.57 Å². The number of hydrogen-bond donors (Lipinski definition) is 0. The molecule has 0 fully saturated rings. The quantitative estimate of drug-likeness (QED) is 0.486. The maximum atomic E-state index is 13.8. The first kappa shape index (κ1) is 20.5. The molecule has 0 bridgehead atoms. The zero-order valence-corrected chi connectivity index (χ0v) is 18.7. The van der Waals surface area contributed by atoms with E-state index in [4.69, 9.17) is 4.74 Å². The van der Waals surface area contributed by atoms with Crippen molar-refractivity contribution < 1.29 is 14.3 Å². The van der Waals surface area contributed by atoms with Crippen molar-refractivity contribution in [1.82, 2.24) is 0 Å². The summed E-state index contributed by atoms with van der Waals surface area (Å²) < 4.78 is 5.74. The number of nitrogens with zero attached hydrogens (tertiary/aromatic N) is 2. The lowest BCUT2D eigenvalue weighted by molar-refractivity contribution is -0.120. The Hall–Kier alpha value is -3.38. The van der Waals surface area contributed by atoms with Gasteiger partial charge in [0.1, 0.15) is 11.4 Å². The number of carbonyl (C=O) groups excluding carboxylic acids is 2. The minimum atomic E-state index is -0.289. The van der Waals surface area contributed by atoms with Gasteiger partial charge in [0.25, 0.3) is 11.8 Å². The summed E-state index contributed by atoms with van der Waals surface area (Å²) in [7, 11) is 0. The Morgan fingerprint density at radius 1 is 1.00 bits per heavy atom. The molecule has 0 spiro atoms. The lowest BCUT2D eigenvalue weighted by Gasteiger charge is -2.32. The van der Waals surface area contributed by atoms with Gasteiger partial charge in [-0.25, -0.2) is 4.90 Å². The van der Waals surface area contributed by atoms with Crippen LogP contribution in [0.2, 0.25) is 0 Å². The summed E-state index contributed by atoms with van der Waals surface area (Å²) in [5.74, 6) is 0.0743. The summed E-state index contributed by atoms with van der Waals surface area (Å²) >= 11 is 1.48. The van der Waals surface area contributed by atoms with Crippen LogP contribution >= 0.6 is 11.3 Å². The van der Waals surface area contributed by atoms with Crippen LogP contribution in [-0.4, -0.2) is 25.0 Å². The molecule has 0 unspecified atom stereocenters. The van der Waals surface area contributed by atoms with Gasteiger partial charge in [0.2, 0.25) is 0 Å². The number of fused-ring (bicyclic) bond motifs is 1. The van der Waals surface area contributed by atoms with Crippen molar-refractivity contribution >= 4 is 40.1 Å². The molecular formula is C26H24N2O3S. The molecule has 2 amide bonds. The fourth-order valence-electron chi connectivity index (χ4n) is 4.34. The van der Waals surface area contributed by atoms with Gasteiger partial charge in [-0.15, -0.1) is 11.3 Å². The van der Waals surface area contributed by atoms with Gasteiger partial charge in [-0.05, 0) is 54.5 Å². The predicted molar refractivity (Wildman–Crippen MR) is 128 cm³/mol. The summed E-state index contributed by atoms with van der Waals surface area (Å²) in [4.78, 5) is 31.7. The van der Waals surface area contributed by atoms with Gasteiger partial charge < -0.3 is 9.64 Å². The lowest BCUT2D eigenvalue weighted by Crippen LogP contribution is -2.37. The van der Waals surface area contributed by atoms with Crippen molar-refractivity contribution in [3.8, 4) is 5.75 Å². The second kappa shape index (κ2) is 8.63. The Balaban J connectivity index is 1.61. The highest BCUT2D eigenvalue weighted by molar-refractivity contribution is 7.11. The van der Waals surface area contributed by atoms with E-state index in [-0.39, 0.29) is 11.8 Å². The fourth-order valence-corrected chi connectivity index (χ4v) is 5.11. The molecule has 0 saturated heterocycles. The zero-order chi connectivity index (χ0) is 22.1. The van der Waals surface area contributed by atoms with Crippen LogP contribution in [-0.2, 0) is 16.0 Å². The molecule has 1 aromatic heterocycles. The summed E-state index contributed by atoms with van der Waals surface area (Å²) in [6, 6.07) is 19.2. The van der Waals surface area contributed by atoms with Gasteiger partial charge in [0, 0.05) is 23.2 Å². The van der Waals surface area contributed by atoms with Crippen LogP contribution in [0.4, 0.5) is 11.4 Å². The van der Waals surface area contributed by atoms with Crippen molar-refractivity contribution in [1.29, 1.82) is 0 Å². The Morgan fingerprint density at radius 3 is 2.69 bits per heavy atom. The van der Waals surface area contributed by atoms with E-state index in [0.29, 0.717) is 35.9 Å². The van der Waals surface area contributed by atoms with E-state index >= 15 is 0 Å². The molecule has 2 aliphatic heterocycles. The smallest absolute Gasteiger partial charge is 0.282 e. The molecule has 32 heavy (non-hydrogen) atoms. The summed E-state index contributed by atoms with van der Waals surface area (Å²) in [6.45, 7) is 3.32. The molecule has 0 saturated carbocycles. The van der Waals surface area contributed by atoms with Crippen molar-refractivity contribution in [2.45, 2.75) is 26.2 Å². The number of benzene rings is 2.